The molecule has 0 unspecified atom stereocenters. The average molecular weight is 133 g/mol. The van der Waals surface area contributed by atoms with Crippen LogP contribution in [0.25, 0.3) is 0 Å². The first-order valence-electron chi connectivity index (χ1n) is 2.89. The van der Waals surface area contributed by atoms with E-state index in [0.29, 0.717) is 0 Å². The van der Waals surface area contributed by atoms with Gasteiger partial charge in [-0.3, -0.25) is 4.68 Å². The van der Waals surface area contributed by atoms with E-state index in [0.717, 1.165) is 10.9 Å². The Balaban J connectivity index is 3.10. The van der Waals surface area contributed by atoms with Gasteiger partial charge in [0.15, 0.2) is 0 Å². The Morgan fingerprint density at radius 2 is 2.56 bits per heavy atom. The lowest BCUT2D eigenvalue weighted by Gasteiger charge is -1.96. The summed E-state index contributed by atoms with van der Waals surface area (Å²) in [4.78, 5) is 0. The summed E-state index contributed by atoms with van der Waals surface area (Å²) in [5, 5.41) is 3.49. The summed E-state index contributed by atoms with van der Waals surface area (Å²) in [6.45, 7) is 0. The second-order valence-corrected chi connectivity index (χ2v) is 1.60. The van der Waals surface area contributed by atoms with E-state index in [-0.39, 0.29) is 11.7 Å². The van der Waals surface area contributed by atoms with Crippen LogP contribution in [0.1, 0.15) is 13.5 Å². The van der Waals surface area contributed by atoms with Crippen LogP contribution in [0.2, 0.25) is 0 Å². The molecule has 0 amide bonds. The molecule has 1 aromatic heterocycles. The molecule has 4 heteroatoms. The topological polar surface area (TPSA) is 17.8 Å². The van der Waals surface area contributed by atoms with E-state index in [1.807, 2.05) is 0 Å². The zero-order valence-corrected chi connectivity index (χ0v) is 4.81. The quantitative estimate of drug-likeness (QED) is 0.565. The maximum atomic E-state index is 11.9. The molecular formula is C5H6F2N2. The van der Waals surface area contributed by atoms with E-state index in [4.69, 9.17) is 1.37 Å². The van der Waals surface area contributed by atoms with Crippen LogP contribution in [0.5, 0.6) is 0 Å². The molecule has 9 heavy (non-hydrogen) atoms. The summed E-state index contributed by atoms with van der Waals surface area (Å²) >= 11 is 0. The average Bonchev–Trinajstić information content (AvgIpc) is 2.11. The third-order valence-electron chi connectivity index (χ3n) is 0.999. The van der Waals surface area contributed by atoms with E-state index in [1.165, 1.54) is 7.05 Å². The lowest BCUT2D eigenvalue weighted by Crippen LogP contribution is -1.97. The van der Waals surface area contributed by atoms with Gasteiger partial charge in [0.05, 0.1) is 1.37 Å². The van der Waals surface area contributed by atoms with Gasteiger partial charge in [0.2, 0.25) is 0 Å². The minimum Gasteiger partial charge on any atom is -0.267 e. The molecule has 0 N–H and O–H groups in total. The first-order valence-corrected chi connectivity index (χ1v) is 2.39. The fraction of sp³-hybridized carbons (Fsp3) is 0.400. The largest absolute Gasteiger partial charge is 0.280 e. The van der Waals surface area contributed by atoms with Crippen LogP contribution in [-0.2, 0) is 7.05 Å². The highest BCUT2D eigenvalue weighted by Crippen LogP contribution is 2.15. The fourth-order valence-electron chi connectivity index (χ4n) is 0.541. The predicted octanol–water partition coefficient (Wildman–Crippen LogP) is 1.36. The van der Waals surface area contributed by atoms with Gasteiger partial charge in [0.1, 0.15) is 5.69 Å². The number of rotatable bonds is 1. The molecule has 0 bridgehead atoms. The summed E-state index contributed by atoms with van der Waals surface area (Å²) in [5.74, 6) is 0. The molecule has 0 aliphatic rings. The normalized spacial score (nSPS) is 12.2. The first-order chi connectivity index (χ1) is 4.63. The molecule has 1 heterocycles. The van der Waals surface area contributed by atoms with Crippen molar-refractivity contribution in [2.75, 3.05) is 0 Å². The van der Waals surface area contributed by atoms with Crippen molar-refractivity contribution in [3.05, 3.63) is 17.9 Å². The number of aryl methyl sites for hydroxylation is 1. The van der Waals surface area contributed by atoms with Gasteiger partial charge in [-0.1, -0.05) is 0 Å². The Morgan fingerprint density at radius 3 is 2.78 bits per heavy atom. The molecule has 0 saturated heterocycles. The molecule has 0 fully saturated rings. The van der Waals surface area contributed by atoms with Crippen molar-refractivity contribution < 1.29 is 10.2 Å². The van der Waals surface area contributed by atoms with Crippen molar-refractivity contribution in [2.24, 2.45) is 7.05 Å². The SMILES string of the molecule is [2H]c1cnn(C)c1C(F)F. The maximum Gasteiger partial charge on any atom is 0.280 e. The van der Waals surface area contributed by atoms with Gasteiger partial charge in [-0.25, -0.2) is 8.78 Å². The number of alkyl halides is 2. The molecule has 0 spiro atoms. The number of halogens is 2. The van der Waals surface area contributed by atoms with Gasteiger partial charge in [0.25, 0.3) is 6.43 Å². The summed E-state index contributed by atoms with van der Waals surface area (Å²) in [6.07, 6.45) is -1.51. The van der Waals surface area contributed by atoms with Gasteiger partial charge in [0, 0.05) is 13.2 Å². The third kappa shape index (κ3) is 1.06. The number of hydrogen-bond donors (Lipinski definition) is 0. The van der Waals surface area contributed by atoms with Crippen LogP contribution >= 0.6 is 0 Å². The minimum atomic E-state index is -2.61. The fourth-order valence-corrected chi connectivity index (χ4v) is 0.541. The van der Waals surface area contributed by atoms with E-state index < -0.39 is 6.43 Å². The second kappa shape index (κ2) is 2.13. The van der Waals surface area contributed by atoms with Gasteiger partial charge < -0.3 is 0 Å². The van der Waals surface area contributed by atoms with Crippen molar-refractivity contribution >= 4 is 0 Å². The van der Waals surface area contributed by atoms with Crippen LogP contribution < -0.4 is 0 Å². The van der Waals surface area contributed by atoms with Crippen molar-refractivity contribution in [2.45, 2.75) is 6.43 Å². The van der Waals surface area contributed by atoms with Crippen molar-refractivity contribution in [3.63, 3.8) is 0 Å². The van der Waals surface area contributed by atoms with Crippen LogP contribution in [0.4, 0.5) is 8.78 Å². The minimum absolute atomic E-state index is 0.211. The summed E-state index contributed by atoms with van der Waals surface area (Å²) in [7, 11) is 1.39. The third-order valence-corrected chi connectivity index (χ3v) is 0.999. The molecule has 0 radical (unpaired) electrons. The molecule has 50 valence electrons. The van der Waals surface area contributed by atoms with Crippen LogP contribution in [0.3, 0.4) is 0 Å². The predicted molar refractivity (Wildman–Crippen MR) is 28.2 cm³/mol. The smallest absolute Gasteiger partial charge is 0.267 e. The van der Waals surface area contributed by atoms with Gasteiger partial charge in [-0.15, -0.1) is 0 Å². The second-order valence-electron chi connectivity index (χ2n) is 1.60. The van der Waals surface area contributed by atoms with Crippen LogP contribution in [-0.4, -0.2) is 9.78 Å². The first kappa shape index (κ1) is 4.90. The standard InChI is InChI=1S/C5H6F2N2/c1-9-4(5(6)7)2-3-8-9/h2-3,5H,1H3/i2D. The van der Waals surface area contributed by atoms with Crippen molar-refractivity contribution in [1.29, 1.82) is 0 Å². The monoisotopic (exact) mass is 133 g/mol. The molecule has 0 aliphatic heterocycles. The molecule has 0 atom stereocenters. The summed E-state index contributed by atoms with van der Waals surface area (Å²) in [6, 6.07) is -0.211. The molecule has 0 aromatic carbocycles. The van der Waals surface area contributed by atoms with Crippen molar-refractivity contribution in [3.8, 4) is 0 Å². The van der Waals surface area contributed by atoms with E-state index >= 15 is 0 Å². The highest BCUT2D eigenvalue weighted by atomic mass is 19.3. The summed E-state index contributed by atoms with van der Waals surface area (Å²) < 4.78 is 31.8. The van der Waals surface area contributed by atoms with Crippen LogP contribution in [0.15, 0.2) is 12.2 Å². The zero-order valence-electron chi connectivity index (χ0n) is 5.81. The number of aromatic nitrogens is 2. The molecule has 0 saturated carbocycles. The highest BCUT2D eigenvalue weighted by Gasteiger charge is 2.09. The highest BCUT2D eigenvalue weighted by molar-refractivity contribution is 5.00. The van der Waals surface area contributed by atoms with E-state index in [1.54, 1.807) is 0 Å². The number of nitrogens with zero attached hydrogens (tertiary/aromatic N) is 2. The molecule has 1 aromatic rings. The molecule has 1 rings (SSSR count). The Hall–Kier alpha value is -0.930. The Morgan fingerprint density at radius 1 is 1.89 bits per heavy atom. The Bertz CT molecular complexity index is 214. The van der Waals surface area contributed by atoms with E-state index in [9.17, 15) is 8.78 Å². The molecule has 2 nitrogen and oxygen atoms in total. The van der Waals surface area contributed by atoms with Crippen LogP contribution in [0, 0.1) is 0 Å². The Labute approximate surface area is 52.5 Å². The zero-order chi connectivity index (χ0) is 7.72. The Kier molecular flexibility index (Phi) is 1.16. The van der Waals surface area contributed by atoms with Gasteiger partial charge in [-0.2, -0.15) is 5.10 Å². The molecule has 0 aliphatic carbocycles. The maximum absolute atomic E-state index is 11.9. The molecular weight excluding hydrogens is 126 g/mol. The number of hydrogen-bond acceptors (Lipinski definition) is 1. The summed E-state index contributed by atoms with van der Waals surface area (Å²) in [5.41, 5.74) is -0.333. The van der Waals surface area contributed by atoms with Gasteiger partial charge in [-0.05, 0) is 6.04 Å². The lowest BCUT2D eigenvalue weighted by molar-refractivity contribution is 0.141. The lowest BCUT2D eigenvalue weighted by atomic mass is 10.4. The van der Waals surface area contributed by atoms with E-state index in [2.05, 4.69) is 5.10 Å². The van der Waals surface area contributed by atoms with Gasteiger partial charge >= 0.3 is 0 Å². The van der Waals surface area contributed by atoms with Crippen molar-refractivity contribution in [1.82, 2.24) is 9.78 Å².